The van der Waals surface area contributed by atoms with Crippen molar-refractivity contribution in [2.45, 2.75) is 6.54 Å². The van der Waals surface area contributed by atoms with Gasteiger partial charge in [0.2, 0.25) is 0 Å². The summed E-state index contributed by atoms with van der Waals surface area (Å²) < 4.78 is 0. The van der Waals surface area contributed by atoms with Gasteiger partial charge in [0, 0.05) is 18.2 Å². The number of hydrogen-bond donors (Lipinski definition) is 1. The molecule has 0 aliphatic heterocycles. The molecule has 0 saturated carbocycles. The third kappa shape index (κ3) is 3.11. The minimum atomic E-state index is -1.44. The molecule has 0 aliphatic rings. The monoisotopic (exact) mass is 271 g/mol. The van der Waals surface area contributed by atoms with Gasteiger partial charge >= 0.3 is 0 Å². The molecule has 0 aromatic heterocycles. The Kier molecular flexibility index (Phi) is 3.95. The van der Waals surface area contributed by atoms with Crippen molar-refractivity contribution in [3.8, 4) is 0 Å². The van der Waals surface area contributed by atoms with Crippen molar-refractivity contribution >= 4 is 17.3 Å². The first-order valence-corrected chi connectivity index (χ1v) is 5.85. The van der Waals surface area contributed by atoms with Crippen LogP contribution in [0.1, 0.15) is 15.9 Å². The molecule has 6 nitrogen and oxygen atoms in total. The van der Waals surface area contributed by atoms with Gasteiger partial charge in [-0.2, -0.15) is 0 Å². The van der Waals surface area contributed by atoms with E-state index in [9.17, 15) is 20.0 Å². The number of nitrogens with one attached hydrogen (secondary N) is 1. The molecule has 0 unspecified atom stereocenters. The number of carboxylic acids is 1. The molecule has 0 atom stereocenters. The minimum Gasteiger partial charge on any atom is -0.545 e. The second kappa shape index (κ2) is 5.83. The molecule has 0 radical (unpaired) electrons. The molecular formula is C14H11N2O4-. The summed E-state index contributed by atoms with van der Waals surface area (Å²) in [6, 6.07) is 13.0. The third-order valence-corrected chi connectivity index (χ3v) is 2.76. The summed E-state index contributed by atoms with van der Waals surface area (Å²) in [6.07, 6.45) is 0. The van der Waals surface area contributed by atoms with E-state index in [2.05, 4.69) is 5.32 Å². The quantitative estimate of drug-likeness (QED) is 0.657. The molecule has 6 heteroatoms. The molecule has 2 rings (SSSR count). The van der Waals surface area contributed by atoms with Gasteiger partial charge in [0.15, 0.2) is 0 Å². The highest BCUT2D eigenvalue weighted by Crippen LogP contribution is 2.25. The number of carbonyl (C=O) groups excluding carboxylic acids is 1. The first kappa shape index (κ1) is 13.5. The van der Waals surface area contributed by atoms with E-state index < -0.39 is 10.9 Å². The molecule has 102 valence electrons. The Hall–Kier alpha value is -2.89. The van der Waals surface area contributed by atoms with Gasteiger partial charge in [-0.05, 0) is 11.6 Å². The standard InChI is InChI=1S/C14H12N2O4/c17-14(18)11-6-7-12(13(8-11)16(19)20)15-9-10-4-2-1-3-5-10/h1-8,15H,9H2,(H,17,18)/p-1. The Morgan fingerprint density at radius 2 is 1.85 bits per heavy atom. The second-order valence-corrected chi connectivity index (χ2v) is 4.12. The van der Waals surface area contributed by atoms with Crippen molar-refractivity contribution in [1.29, 1.82) is 0 Å². The third-order valence-electron chi connectivity index (χ3n) is 2.76. The van der Waals surface area contributed by atoms with E-state index in [0.29, 0.717) is 6.54 Å². The van der Waals surface area contributed by atoms with Gasteiger partial charge in [-0.1, -0.05) is 36.4 Å². The zero-order valence-electron chi connectivity index (χ0n) is 10.4. The maximum atomic E-state index is 11.0. The molecule has 0 fully saturated rings. The van der Waals surface area contributed by atoms with Gasteiger partial charge in [-0.25, -0.2) is 0 Å². The Bertz CT molecular complexity index is 641. The van der Waals surface area contributed by atoms with Gasteiger partial charge in [0.25, 0.3) is 5.69 Å². The summed E-state index contributed by atoms with van der Waals surface area (Å²) in [6.45, 7) is 0.409. The maximum Gasteiger partial charge on any atom is 0.292 e. The molecular weight excluding hydrogens is 260 g/mol. The number of nitro benzene ring substituents is 1. The number of nitrogens with zero attached hydrogens (tertiary/aromatic N) is 1. The summed E-state index contributed by atoms with van der Waals surface area (Å²) >= 11 is 0. The summed E-state index contributed by atoms with van der Waals surface area (Å²) in [5, 5.41) is 24.6. The molecule has 2 aromatic rings. The largest absolute Gasteiger partial charge is 0.545 e. The Morgan fingerprint density at radius 3 is 2.45 bits per heavy atom. The van der Waals surface area contributed by atoms with Gasteiger partial charge in [0.1, 0.15) is 5.69 Å². The highest BCUT2D eigenvalue weighted by atomic mass is 16.6. The number of rotatable bonds is 5. The number of hydrogen-bond acceptors (Lipinski definition) is 5. The molecule has 0 amide bonds. The maximum absolute atomic E-state index is 11.0. The summed E-state index contributed by atoms with van der Waals surface area (Å²) in [5.74, 6) is -1.44. The van der Waals surface area contributed by atoms with E-state index in [4.69, 9.17) is 0 Å². The highest BCUT2D eigenvalue weighted by molar-refractivity contribution is 5.88. The van der Waals surface area contributed by atoms with Crippen LogP contribution in [-0.4, -0.2) is 10.9 Å². The predicted molar refractivity (Wildman–Crippen MR) is 71.2 cm³/mol. The Labute approximate surface area is 114 Å². The zero-order chi connectivity index (χ0) is 14.5. The number of anilines is 1. The van der Waals surface area contributed by atoms with Crippen molar-refractivity contribution in [1.82, 2.24) is 0 Å². The van der Waals surface area contributed by atoms with E-state index >= 15 is 0 Å². The van der Waals surface area contributed by atoms with Crippen molar-refractivity contribution in [3.63, 3.8) is 0 Å². The van der Waals surface area contributed by atoms with Gasteiger partial charge in [-0.3, -0.25) is 10.1 Å². The van der Waals surface area contributed by atoms with E-state index in [0.717, 1.165) is 11.6 Å². The van der Waals surface area contributed by atoms with Crippen LogP contribution in [0, 0.1) is 10.1 Å². The molecule has 0 aliphatic carbocycles. The first-order chi connectivity index (χ1) is 9.58. The summed E-state index contributed by atoms with van der Waals surface area (Å²) in [4.78, 5) is 21.0. The topological polar surface area (TPSA) is 95.3 Å². The smallest absolute Gasteiger partial charge is 0.292 e. The van der Waals surface area contributed by atoms with Crippen molar-refractivity contribution in [2.75, 3.05) is 5.32 Å². The van der Waals surface area contributed by atoms with Crippen LogP contribution in [0.3, 0.4) is 0 Å². The lowest BCUT2D eigenvalue weighted by Crippen LogP contribution is -2.22. The van der Waals surface area contributed by atoms with Crippen molar-refractivity contribution in [2.24, 2.45) is 0 Å². The number of carboxylic acid groups (broad SMARTS) is 1. The normalized spacial score (nSPS) is 10.0. The van der Waals surface area contributed by atoms with E-state index in [-0.39, 0.29) is 16.9 Å². The van der Waals surface area contributed by atoms with E-state index in [1.165, 1.54) is 12.1 Å². The fourth-order valence-electron chi connectivity index (χ4n) is 1.75. The number of carbonyl (C=O) groups is 1. The molecule has 20 heavy (non-hydrogen) atoms. The van der Waals surface area contributed by atoms with Crippen LogP contribution in [0.4, 0.5) is 11.4 Å². The van der Waals surface area contributed by atoms with Crippen LogP contribution < -0.4 is 10.4 Å². The lowest BCUT2D eigenvalue weighted by Gasteiger charge is -2.09. The zero-order valence-corrected chi connectivity index (χ0v) is 10.4. The van der Waals surface area contributed by atoms with Crippen LogP contribution in [0.2, 0.25) is 0 Å². The lowest BCUT2D eigenvalue weighted by atomic mass is 10.1. The first-order valence-electron chi connectivity index (χ1n) is 5.85. The molecule has 0 saturated heterocycles. The van der Waals surface area contributed by atoms with Crippen LogP contribution in [0.15, 0.2) is 48.5 Å². The van der Waals surface area contributed by atoms with Crippen molar-refractivity contribution in [3.05, 3.63) is 69.8 Å². The van der Waals surface area contributed by atoms with Crippen LogP contribution in [0.25, 0.3) is 0 Å². The minimum absolute atomic E-state index is 0.220. The fraction of sp³-hybridized carbons (Fsp3) is 0.0714. The average molecular weight is 271 g/mol. The van der Waals surface area contributed by atoms with Gasteiger partial charge < -0.3 is 15.2 Å². The number of aromatic carboxylic acids is 1. The average Bonchev–Trinajstić information content (AvgIpc) is 2.45. The highest BCUT2D eigenvalue weighted by Gasteiger charge is 2.14. The molecule has 2 aromatic carbocycles. The van der Waals surface area contributed by atoms with Crippen LogP contribution >= 0.6 is 0 Å². The predicted octanol–water partition coefficient (Wildman–Crippen LogP) is 1.57. The Balaban J connectivity index is 2.23. The molecule has 0 heterocycles. The Morgan fingerprint density at radius 1 is 1.15 bits per heavy atom. The van der Waals surface area contributed by atoms with Crippen molar-refractivity contribution < 1.29 is 14.8 Å². The van der Waals surface area contributed by atoms with Gasteiger partial charge in [0.05, 0.1) is 10.9 Å². The molecule has 0 bridgehead atoms. The van der Waals surface area contributed by atoms with E-state index in [1.54, 1.807) is 0 Å². The number of benzene rings is 2. The molecule has 1 N–H and O–H groups in total. The van der Waals surface area contributed by atoms with Crippen LogP contribution in [-0.2, 0) is 6.54 Å². The SMILES string of the molecule is O=C([O-])c1ccc(NCc2ccccc2)c([N+](=O)[O-])c1. The fourth-order valence-corrected chi connectivity index (χ4v) is 1.75. The lowest BCUT2D eigenvalue weighted by molar-refractivity contribution is -0.384. The second-order valence-electron chi connectivity index (χ2n) is 4.12. The summed E-state index contributed by atoms with van der Waals surface area (Å²) in [5.41, 5.74) is 0.722. The van der Waals surface area contributed by atoms with E-state index in [1.807, 2.05) is 30.3 Å². The summed E-state index contributed by atoms with van der Waals surface area (Å²) in [7, 11) is 0. The number of nitro groups is 1. The van der Waals surface area contributed by atoms with Gasteiger partial charge in [-0.15, -0.1) is 0 Å². The molecule has 0 spiro atoms. The van der Waals surface area contributed by atoms with Crippen LogP contribution in [0.5, 0.6) is 0 Å².